The second-order valence-electron chi connectivity index (χ2n) is 5.86. The van der Waals surface area contributed by atoms with E-state index in [0.717, 1.165) is 0 Å². The Morgan fingerprint density at radius 2 is 1.50 bits per heavy atom. The molecule has 0 aliphatic heterocycles. The van der Waals surface area contributed by atoms with Crippen LogP contribution in [0.3, 0.4) is 0 Å². The lowest BCUT2D eigenvalue weighted by molar-refractivity contribution is 0.276. The Morgan fingerprint density at radius 1 is 0.867 bits per heavy atom. The summed E-state index contributed by atoms with van der Waals surface area (Å²) in [5.41, 5.74) is 1.60. The number of phosphoric acid groups is 1. The Balaban J connectivity index is 2.13. The van der Waals surface area contributed by atoms with Gasteiger partial charge in [-0.15, -0.1) is 5.10 Å². The Morgan fingerprint density at radius 3 is 2.03 bits per heavy atom. The van der Waals surface area contributed by atoms with Crippen molar-refractivity contribution in [1.82, 2.24) is 15.0 Å². The molecule has 0 unspecified atom stereocenters. The highest BCUT2D eigenvalue weighted by molar-refractivity contribution is 7.46. The maximum atomic E-state index is 11.3. The van der Waals surface area contributed by atoms with Crippen LogP contribution in [0.4, 0.5) is 0 Å². The van der Waals surface area contributed by atoms with Crippen molar-refractivity contribution < 1.29 is 37.8 Å². The van der Waals surface area contributed by atoms with E-state index in [2.05, 4.69) is 10.3 Å². The SMILES string of the molecule is COc1ccc(-c2cnnn2-c2cc(OC)c(OC)c(OC)c2)cc1OP(=O)(O)O. The van der Waals surface area contributed by atoms with Crippen LogP contribution < -0.4 is 23.5 Å². The molecule has 12 heteroatoms. The second kappa shape index (κ2) is 8.62. The van der Waals surface area contributed by atoms with Crippen LogP contribution >= 0.6 is 7.82 Å². The second-order valence-corrected chi connectivity index (χ2v) is 7.03. The Kier molecular flexibility index (Phi) is 6.16. The summed E-state index contributed by atoms with van der Waals surface area (Å²) in [6, 6.07) is 8.00. The molecular formula is C18H20N3O8P. The summed E-state index contributed by atoms with van der Waals surface area (Å²) in [6.07, 6.45) is 1.49. The van der Waals surface area contributed by atoms with Crippen molar-refractivity contribution in [2.24, 2.45) is 0 Å². The van der Waals surface area contributed by atoms with Gasteiger partial charge in [-0.05, 0) is 18.2 Å². The minimum atomic E-state index is -4.79. The lowest BCUT2D eigenvalue weighted by Gasteiger charge is -2.15. The summed E-state index contributed by atoms with van der Waals surface area (Å²) in [6.45, 7) is 0. The van der Waals surface area contributed by atoms with Gasteiger partial charge in [0.25, 0.3) is 0 Å². The highest BCUT2D eigenvalue weighted by Crippen LogP contribution is 2.44. The maximum Gasteiger partial charge on any atom is 0.524 e. The first-order valence-electron chi connectivity index (χ1n) is 8.46. The number of hydrogen-bond acceptors (Lipinski definition) is 8. The molecule has 0 spiro atoms. The van der Waals surface area contributed by atoms with Crippen LogP contribution in [-0.2, 0) is 4.57 Å². The van der Waals surface area contributed by atoms with Gasteiger partial charge in [-0.3, -0.25) is 9.79 Å². The molecule has 0 saturated carbocycles. The van der Waals surface area contributed by atoms with Gasteiger partial charge >= 0.3 is 7.82 Å². The molecule has 0 aliphatic rings. The molecule has 11 nitrogen and oxygen atoms in total. The van der Waals surface area contributed by atoms with Gasteiger partial charge in [0, 0.05) is 17.7 Å². The highest BCUT2D eigenvalue weighted by atomic mass is 31.2. The summed E-state index contributed by atoms with van der Waals surface area (Å²) >= 11 is 0. The predicted molar refractivity (Wildman–Crippen MR) is 106 cm³/mol. The molecular weight excluding hydrogens is 417 g/mol. The number of aromatic nitrogens is 3. The molecule has 2 aromatic carbocycles. The third-order valence-electron chi connectivity index (χ3n) is 4.12. The van der Waals surface area contributed by atoms with Crippen LogP contribution in [-0.4, -0.2) is 53.2 Å². The monoisotopic (exact) mass is 437 g/mol. The zero-order valence-corrected chi connectivity index (χ0v) is 17.5. The van der Waals surface area contributed by atoms with E-state index in [1.807, 2.05) is 0 Å². The van der Waals surface area contributed by atoms with E-state index in [1.165, 1.54) is 51.5 Å². The van der Waals surface area contributed by atoms with Crippen LogP contribution in [0.2, 0.25) is 0 Å². The van der Waals surface area contributed by atoms with Gasteiger partial charge in [-0.1, -0.05) is 5.21 Å². The molecule has 30 heavy (non-hydrogen) atoms. The van der Waals surface area contributed by atoms with Crippen molar-refractivity contribution in [1.29, 1.82) is 0 Å². The van der Waals surface area contributed by atoms with E-state index in [1.54, 1.807) is 18.2 Å². The first-order chi connectivity index (χ1) is 14.3. The molecule has 0 saturated heterocycles. The molecule has 0 fully saturated rings. The Hall–Kier alpha value is -3.27. The van der Waals surface area contributed by atoms with Crippen LogP contribution in [0.1, 0.15) is 0 Å². The third kappa shape index (κ3) is 4.33. The third-order valence-corrected chi connectivity index (χ3v) is 4.55. The van der Waals surface area contributed by atoms with Crippen LogP contribution in [0.5, 0.6) is 28.7 Å². The summed E-state index contributed by atoms with van der Waals surface area (Å²) in [5, 5.41) is 8.05. The van der Waals surface area contributed by atoms with Gasteiger partial charge in [0.15, 0.2) is 23.0 Å². The summed E-state index contributed by atoms with van der Waals surface area (Å²) in [7, 11) is 1.07. The summed E-state index contributed by atoms with van der Waals surface area (Å²) in [5.74, 6) is 1.31. The molecule has 1 aromatic heterocycles. The number of phosphoric ester groups is 1. The van der Waals surface area contributed by atoms with E-state index < -0.39 is 7.82 Å². The van der Waals surface area contributed by atoms with Crippen molar-refractivity contribution in [2.75, 3.05) is 28.4 Å². The minimum Gasteiger partial charge on any atom is -0.493 e. The van der Waals surface area contributed by atoms with Crippen molar-refractivity contribution in [2.45, 2.75) is 0 Å². The first kappa shape index (κ1) is 21.4. The molecule has 1 heterocycles. The van der Waals surface area contributed by atoms with Gasteiger partial charge in [0.1, 0.15) is 0 Å². The van der Waals surface area contributed by atoms with Crippen molar-refractivity contribution in [3.63, 3.8) is 0 Å². The minimum absolute atomic E-state index is 0.124. The topological polar surface area (TPSA) is 134 Å². The lowest BCUT2D eigenvalue weighted by Crippen LogP contribution is -2.03. The molecule has 0 radical (unpaired) electrons. The van der Waals surface area contributed by atoms with E-state index in [4.69, 9.17) is 23.5 Å². The fourth-order valence-corrected chi connectivity index (χ4v) is 3.25. The fraction of sp³-hybridized carbons (Fsp3) is 0.222. The quantitative estimate of drug-likeness (QED) is 0.506. The standard InChI is InChI=1S/C18H20N3O8P/c1-25-14-6-5-11(7-15(14)29-30(22,23)24)13-10-19-20-21(13)12-8-16(26-2)18(28-4)17(9-12)27-3/h5-10H,1-4H3,(H2,22,23,24). The number of ether oxygens (including phenoxy) is 4. The highest BCUT2D eigenvalue weighted by Gasteiger charge is 2.21. The zero-order valence-electron chi connectivity index (χ0n) is 16.6. The average Bonchev–Trinajstić information content (AvgIpc) is 3.21. The van der Waals surface area contributed by atoms with E-state index in [-0.39, 0.29) is 11.5 Å². The normalized spacial score (nSPS) is 11.1. The molecule has 0 amide bonds. The van der Waals surface area contributed by atoms with Crippen LogP contribution in [0.25, 0.3) is 16.9 Å². The van der Waals surface area contributed by atoms with Crippen LogP contribution in [0, 0.1) is 0 Å². The van der Waals surface area contributed by atoms with Crippen molar-refractivity contribution in [3.8, 4) is 45.7 Å². The molecule has 0 atom stereocenters. The van der Waals surface area contributed by atoms with E-state index in [9.17, 15) is 14.4 Å². The smallest absolute Gasteiger partial charge is 0.493 e. The number of methoxy groups -OCH3 is 4. The molecule has 0 aliphatic carbocycles. The number of hydrogen-bond donors (Lipinski definition) is 2. The van der Waals surface area contributed by atoms with Gasteiger partial charge in [0.2, 0.25) is 5.75 Å². The largest absolute Gasteiger partial charge is 0.524 e. The number of nitrogens with zero attached hydrogens (tertiary/aromatic N) is 3. The summed E-state index contributed by atoms with van der Waals surface area (Å²) < 4.78 is 38.8. The summed E-state index contributed by atoms with van der Waals surface area (Å²) in [4.78, 5) is 18.3. The molecule has 2 N–H and O–H groups in total. The maximum absolute atomic E-state index is 11.3. The van der Waals surface area contributed by atoms with Crippen molar-refractivity contribution >= 4 is 7.82 Å². The van der Waals surface area contributed by atoms with Gasteiger partial charge in [-0.2, -0.15) is 0 Å². The number of benzene rings is 2. The molecule has 3 rings (SSSR count). The van der Waals surface area contributed by atoms with E-state index >= 15 is 0 Å². The van der Waals surface area contributed by atoms with Gasteiger partial charge in [0.05, 0.1) is 46.0 Å². The van der Waals surface area contributed by atoms with Gasteiger partial charge < -0.3 is 23.5 Å². The van der Waals surface area contributed by atoms with Gasteiger partial charge in [-0.25, -0.2) is 9.25 Å². The Labute approximate surface area is 172 Å². The molecule has 3 aromatic rings. The average molecular weight is 437 g/mol. The Bertz CT molecular complexity index is 1070. The molecule has 160 valence electrons. The van der Waals surface area contributed by atoms with Crippen molar-refractivity contribution in [3.05, 3.63) is 36.5 Å². The predicted octanol–water partition coefficient (Wildman–Crippen LogP) is 2.44. The van der Waals surface area contributed by atoms with Crippen LogP contribution in [0.15, 0.2) is 36.5 Å². The lowest BCUT2D eigenvalue weighted by atomic mass is 10.1. The zero-order chi connectivity index (χ0) is 21.9. The fourth-order valence-electron chi connectivity index (χ4n) is 2.85. The molecule has 0 bridgehead atoms. The first-order valence-corrected chi connectivity index (χ1v) is 9.99. The van der Waals surface area contributed by atoms with E-state index in [0.29, 0.717) is 34.2 Å². The number of rotatable bonds is 8.